The molecule has 0 spiro atoms. The van der Waals surface area contributed by atoms with Crippen molar-refractivity contribution in [2.24, 2.45) is 0 Å². The molecule has 0 saturated carbocycles. The average Bonchev–Trinajstić information content (AvgIpc) is 0.811. The third-order valence-electron chi connectivity index (χ3n) is 0. The minimum atomic E-state index is -3.37. The summed E-state index contributed by atoms with van der Waals surface area (Å²) in [7, 11) is -3.37. The van der Waals surface area contributed by atoms with Crippen molar-refractivity contribution in [1.29, 1.82) is 0 Å². The molecule has 0 rings (SSSR count). The molecule has 0 aromatic carbocycles. The first-order valence-corrected chi connectivity index (χ1v) is 1.64. The predicted octanol–water partition coefficient (Wildman–Crippen LogP) is -7.63. The third-order valence-corrected chi connectivity index (χ3v) is 0. The Morgan fingerprint density at radius 2 is 1.17 bits per heavy atom. The Bertz CT molecular complexity index is 31.8. The first-order valence-electron chi connectivity index (χ1n) is 0.548. The van der Waals surface area contributed by atoms with Crippen LogP contribution in [0.2, 0.25) is 0 Å². The Morgan fingerprint density at radius 3 is 1.17 bits per heavy atom. The van der Waals surface area contributed by atoms with Gasteiger partial charge in [0.2, 0.25) is 0 Å². The van der Waals surface area contributed by atoms with Crippen LogP contribution >= 0.6 is 8.25 Å². The van der Waals surface area contributed by atoms with Crippen LogP contribution in [0.15, 0.2) is 0 Å². The molecule has 0 N–H and O–H groups in total. The third kappa shape index (κ3) is 62.8. The van der Waals surface area contributed by atoms with Crippen molar-refractivity contribution in [2.75, 3.05) is 0 Å². The van der Waals surface area contributed by atoms with E-state index in [4.69, 9.17) is 14.4 Å². The maximum Gasteiger partial charge on any atom is 1.00 e. The summed E-state index contributed by atoms with van der Waals surface area (Å²) in [6, 6.07) is 0. The zero-order valence-electron chi connectivity index (χ0n) is 3.67. The maximum atomic E-state index is 8.48. The van der Waals surface area contributed by atoms with E-state index in [1.165, 1.54) is 0 Å². The van der Waals surface area contributed by atoms with E-state index in [9.17, 15) is 0 Å². The van der Waals surface area contributed by atoms with Crippen LogP contribution in [-0.4, -0.2) is 0 Å². The summed E-state index contributed by atoms with van der Waals surface area (Å²) >= 11 is 0. The molecule has 0 aromatic heterocycles. The minimum Gasteiger partial charge on any atom is -0.598 e. The number of rotatable bonds is 0. The van der Waals surface area contributed by atoms with Crippen molar-refractivity contribution in [1.82, 2.24) is 0 Å². The van der Waals surface area contributed by atoms with E-state index in [-0.39, 0.29) is 37.7 Å². The van der Waals surface area contributed by atoms with Crippen LogP contribution in [0.4, 0.5) is 0 Å². The van der Waals surface area contributed by atoms with Gasteiger partial charge in [0.15, 0.2) is 0 Å². The molecule has 0 radical (unpaired) electrons. The van der Waals surface area contributed by atoms with Crippen LogP contribution in [0.5, 0.6) is 0 Å². The van der Waals surface area contributed by atoms with Gasteiger partial charge in [-0.2, -0.15) is 0 Å². The topological polar surface area (TPSA) is 63.2 Å². The summed E-state index contributed by atoms with van der Waals surface area (Å²) in [5, 5.41) is 0. The van der Waals surface area contributed by atoms with Crippen molar-refractivity contribution >= 4 is 8.25 Å². The fourth-order valence-electron chi connectivity index (χ4n) is 0. The largest absolute Gasteiger partial charge is 1.00 e. The Kier molecular flexibility index (Phi) is 24.9. The van der Waals surface area contributed by atoms with Crippen molar-refractivity contribution in [3.63, 3.8) is 0 Å². The van der Waals surface area contributed by atoms with E-state index in [0.717, 1.165) is 0 Å². The van der Waals surface area contributed by atoms with E-state index < -0.39 is 8.25 Å². The first kappa shape index (κ1) is 15.7. The summed E-state index contributed by atoms with van der Waals surface area (Å²) in [5.74, 6) is 0. The van der Waals surface area contributed by atoms with Crippen LogP contribution in [-0.2, 0) is 4.57 Å². The van der Waals surface area contributed by atoms with Crippen LogP contribution in [0.1, 0.15) is 0 Å². The fraction of sp³-hybridized carbons (Fsp3) is 0. The standard InChI is InChI=1S/2Li.HO3P/c;;1-4(2)3/h;;(H,1,2,3)/q2*+1;/p-1. The summed E-state index contributed by atoms with van der Waals surface area (Å²) in [5.41, 5.74) is 0. The van der Waals surface area contributed by atoms with Gasteiger partial charge < -0.3 is 9.79 Å². The zero-order chi connectivity index (χ0) is 3.58. The van der Waals surface area contributed by atoms with Crippen molar-refractivity contribution in [3.05, 3.63) is 0 Å². The van der Waals surface area contributed by atoms with Gasteiger partial charge in [0.1, 0.15) is 0 Å². The normalized spacial score (nSPS) is 4.33. The fourth-order valence-corrected chi connectivity index (χ4v) is 0. The van der Waals surface area contributed by atoms with E-state index in [0.29, 0.717) is 0 Å². The van der Waals surface area contributed by atoms with Crippen molar-refractivity contribution in [2.45, 2.75) is 0 Å². The molecule has 0 aliphatic carbocycles. The molecule has 0 saturated heterocycles. The van der Waals surface area contributed by atoms with Crippen LogP contribution in [0.3, 0.4) is 0 Å². The minimum absolute atomic E-state index is 0. The number of hydrogen-bond acceptors (Lipinski definition) is 3. The molecule has 0 aliphatic rings. The van der Waals surface area contributed by atoms with Gasteiger partial charge in [-0.05, 0) is 0 Å². The second-order valence-corrected chi connectivity index (χ2v) is 0.671. The van der Waals surface area contributed by atoms with E-state index >= 15 is 0 Å². The molecule has 3 nitrogen and oxygen atoms in total. The van der Waals surface area contributed by atoms with Crippen molar-refractivity contribution < 1.29 is 52.1 Å². The Balaban J connectivity index is -0.0000000450. The molecule has 6 heteroatoms. The van der Waals surface area contributed by atoms with Gasteiger partial charge in [0.05, 0.1) is 0 Å². The molecule has 0 atom stereocenters. The summed E-state index contributed by atoms with van der Waals surface area (Å²) in [4.78, 5) is 17.0. The quantitative estimate of drug-likeness (QED) is 0.220. The van der Waals surface area contributed by atoms with Gasteiger partial charge in [-0.25, -0.2) is 0 Å². The molecule has 0 aromatic rings. The van der Waals surface area contributed by atoms with Crippen LogP contribution in [0.25, 0.3) is 0 Å². The molecule has 0 bridgehead atoms. The average molecular weight is 92.9 g/mol. The van der Waals surface area contributed by atoms with Crippen LogP contribution in [0, 0.1) is 0 Å². The second kappa shape index (κ2) is 9.51. The van der Waals surface area contributed by atoms with Gasteiger partial charge in [0, 0.05) is 0 Å². The molecule has 0 fully saturated rings. The maximum absolute atomic E-state index is 8.48. The Hall–Kier alpha value is 1.21. The van der Waals surface area contributed by atoms with Gasteiger partial charge >= 0.3 is 37.7 Å². The van der Waals surface area contributed by atoms with Gasteiger partial charge in [-0.15, -0.1) is 0 Å². The van der Waals surface area contributed by atoms with E-state index in [1.54, 1.807) is 0 Å². The first-order chi connectivity index (χ1) is 1.73. The Morgan fingerprint density at radius 1 is 1.17 bits per heavy atom. The zero-order valence-corrected chi connectivity index (χ0v) is 4.57. The van der Waals surface area contributed by atoms with E-state index in [2.05, 4.69) is 0 Å². The Labute approximate surface area is 60.4 Å². The molecular weight excluding hydrogens is 92.9 g/mol. The molecule has 0 amide bonds. The second-order valence-electron chi connectivity index (χ2n) is 0.224. The number of hydrogen-bond donors (Lipinski definition) is 0. The summed E-state index contributed by atoms with van der Waals surface area (Å²) in [6.07, 6.45) is 0. The smallest absolute Gasteiger partial charge is 0.598 e. The van der Waals surface area contributed by atoms with Gasteiger partial charge in [-0.1, -0.05) is 4.57 Å². The molecular formula is Li2O3P+. The molecule has 24 valence electrons. The molecule has 0 heterocycles. The molecule has 6 heavy (non-hydrogen) atoms. The van der Waals surface area contributed by atoms with Crippen LogP contribution < -0.4 is 47.5 Å². The SMILES string of the molecule is O=[P+]([O-])[O-].[Li+].[Li+]. The predicted molar refractivity (Wildman–Crippen MR) is 7.61 cm³/mol. The summed E-state index contributed by atoms with van der Waals surface area (Å²) in [6.45, 7) is 0. The van der Waals surface area contributed by atoms with Gasteiger partial charge in [-0.3, -0.25) is 0 Å². The van der Waals surface area contributed by atoms with Crippen molar-refractivity contribution in [3.8, 4) is 0 Å². The van der Waals surface area contributed by atoms with E-state index in [1.807, 2.05) is 0 Å². The monoisotopic (exact) mass is 93.0 g/mol. The van der Waals surface area contributed by atoms with Gasteiger partial charge in [0.25, 0.3) is 8.25 Å². The molecule has 0 aliphatic heterocycles. The molecule has 0 unspecified atom stereocenters. The summed E-state index contributed by atoms with van der Waals surface area (Å²) < 4.78 is 8.48.